The van der Waals surface area contributed by atoms with Crippen LogP contribution in [0.15, 0.2) is 24.3 Å². The lowest BCUT2D eigenvalue weighted by atomic mass is 9.89. The molecule has 2 fully saturated rings. The molecule has 3 unspecified atom stereocenters. The van der Waals surface area contributed by atoms with E-state index in [0.717, 1.165) is 6.42 Å². The number of carbonyl (C=O) groups is 3. The summed E-state index contributed by atoms with van der Waals surface area (Å²) in [6.45, 7) is 1.13. The van der Waals surface area contributed by atoms with Crippen LogP contribution in [-0.2, 0) is 17.8 Å². The number of fused-ring (bicyclic) bond motifs is 2. The van der Waals surface area contributed by atoms with Gasteiger partial charge >= 0.3 is 12.1 Å². The fourth-order valence-electron chi connectivity index (χ4n) is 5.46. The highest BCUT2D eigenvalue weighted by atomic mass is 19.1. The Bertz CT molecular complexity index is 1320. The largest absolute Gasteiger partial charge is 0.494 e. The van der Waals surface area contributed by atoms with Crippen LogP contribution >= 0.6 is 0 Å². The molecular formula is C24H25FN6O6. The molecule has 0 bridgehead atoms. The SMILES string of the molecule is COc1ccc2c(c1F)C(O)N(CC1(C3Cc4nc(N5CCCNC5=O)ccc4O3)NC(=O)NC1=O)C2. The molecule has 37 heavy (non-hydrogen) atoms. The van der Waals surface area contributed by atoms with E-state index in [9.17, 15) is 23.9 Å². The highest BCUT2D eigenvalue weighted by Crippen LogP contribution is 2.41. The van der Waals surface area contributed by atoms with Crippen molar-refractivity contribution < 1.29 is 33.4 Å². The number of nitrogens with one attached hydrogen (secondary N) is 3. The monoisotopic (exact) mass is 512 g/mol. The molecule has 6 rings (SSSR count). The Labute approximate surface area is 210 Å². The molecule has 5 amide bonds. The average molecular weight is 512 g/mol. The van der Waals surface area contributed by atoms with Crippen molar-refractivity contribution in [1.29, 1.82) is 0 Å². The summed E-state index contributed by atoms with van der Waals surface area (Å²) in [4.78, 5) is 45.4. The number of amides is 5. The predicted octanol–water partition coefficient (Wildman–Crippen LogP) is 0.537. The van der Waals surface area contributed by atoms with Crippen molar-refractivity contribution in [3.63, 3.8) is 0 Å². The first-order valence-electron chi connectivity index (χ1n) is 11.9. The number of pyridine rings is 1. The fourth-order valence-corrected chi connectivity index (χ4v) is 5.46. The van der Waals surface area contributed by atoms with Crippen molar-refractivity contribution in [2.45, 2.75) is 37.3 Å². The molecule has 0 radical (unpaired) electrons. The van der Waals surface area contributed by atoms with Gasteiger partial charge in [-0.3, -0.25) is 19.9 Å². The predicted molar refractivity (Wildman–Crippen MR) is 125 cm³/mol. The number of anilines is 1. The van der Waals surface area contributed by atoms with E-state index >= 15 is 0 Å². The number of aliphatic hydroxyl groups excluding tert-OH is 1. The normalized spacial score (nSPS) is 26.8. The number of hydrogen-bond donors (Lipinski definition) is 4. The third-order valence-electron chi connectivity index (χ3n) is 7.33. The van der Waals surface area contributed by atoms with Gasteiger partial charge in [0.25, 0.3) is 5.91 Å². The molecule has 4 N–H and O–H groups in total. The molecule has 12 nitrogen and oxygen atoms in total. The van der Waals surface area contributed by atoms with E-state index < -0.39 is 35.6 Å². The summed E-state index contributed by atoms with van der Waals surface area (Å²) in [5, 5.41) is 18.7. The molecule has 0 saturated carbocycles. The number of urea groups is 2. The van der Waals surface area contributed by atoms with Crippen molar-refractivity contribution in [1.82, 2.24) is 25.8 Å². The van der Waals surface area contributed by atoms with Gasteiger partial charge in [-0.15, -0.1) is 0 Å². The number of carbonyl (C=O) groups excluding carboxylic acids is 3. The molecule has 13 heteroatoms. The Morgan fingerprint density at radius 3 is 2.84 bits per heavy atom. The minimum Gasteiger partial charge on any atom is -0.494 e. The van der Waals surface area contributed by atoms with Crippen LogP contribution in [-0.4, -0.2) is 71.3 Å². The van der Waals surface area contributed by atoms with Crippen LogP contribution in [0.25, 0.3) is 0 Å². The van der Waals surface area contributed by atoms with Crippen LogP contribution in [0.5, 0.6) is 11.5 Å². The number of methoxy groups -OCH3 is 1. The molecule has 4 aliphatic rings. The van der Waals surface area contributed by atoms with E-state index in [1.165, 1.54) is 23.0 Å². The second kappa shape index (κ2) is 8.56. The van der Waals surface area contributed by atoms with Crippen LogP contribution in [0.1, 0.15) is 29.5 Å². The third kappa shape index (κ3) is 3.64. The number of imide groups is 1. The highest BCUT2D eigenvalue weighted by molar-refractivity contribution is 6.07. The summed E-state index contributed by atoms with van der Waals surface area (Å²) >= 11 is 0. The van der Waals surface area contributed by atoms with Crippen LogP contribution in [0.3, 0.4) is 0 Å². The van der Waals surface area contributed by atoms with Gasteiger partial charge in [0.15, 0.2) is 17.1 Å². The Morgan fingerprint density at radius 1 is 1.27 bits per heavy atom. The summed E-state index contributed by atoms with van der Waals surface area (Å²) in [5.74, 6) is -0.399. The summed E-state index contributed by atoms with van der Waals surface area (Å²) in [6, 6.07) is 5.56. The van der Waals surface area contributed by atoms with Gasteiger partial charge in [0.2, 0.25) is 0 Å². The fraction of sp³-hybridized carbons (Fsp3) is 0.417. The Balaban J connectivity index is 1.28. The number of rotatable bonds is 5. The zero-order valence-corrected chi connectivity index (χ0v) is 19.9. The van der Waals surface area contributed by atoms with Crippen molar-refractivity contribution >= 4 is 23.8 Å². The molecule has 1 aromatic heterocycles. The smallest absolute Gasteiger partial charge is 0.323 e. The van der Waals surface area contributed by atoms with E-state index in [2.05, 4.69) is 20.9 Å². The van der Waals surface area contributed by atoms with Gasteiger partial charge in [-0.2, -0.15) is 0 Å². The van der Waals surface area contributed by atoms with Crippen molar-refractivity contribution in [2.24, 2.45) is 0 Å². The summed E-state index contributed by atoms with van der Waals surface area (Å²) < 4.78 is 26.1. The maximum Gasteiger partial charge on any atom is 0.323 e. The lowest BCUT2D eigenvalue weighted by Crippen LogP contribution is -2.63. The van der Waals surface area contributed by atoms with Crippen molar-refractivity contribution in [3.05, 3.63) is 46.9 Å². The van der Waals surface area contributed by atoms with E-state index in [4.69, 9.17) is 9.47 Å². The Kier molecular flexibility index (Phi) is 5.42. The summed E-state index contributed by atoms with van der Waals surface area (Å²) in [5.41, 5.74) is -0.423. The minimum atomic E-state index is -1.58. The third-order valence-corrected chi connectivity index (χ3v) is 7.33. The zero-order chi connectivity index (χ0) is 25.9. The highest BCUT2D eigenvalue weighted by Gasteiger charge is 2.57. The van der Waals surface area contributed by atoms with Crippen molar-refractivity contribution in [2.75, 3.05) is 31.6 Å². The standard InChI is InChI=1S/C24H25FN6O6/c1-36-15-4-3-12-10-30(20(32)18(12)19(15)25)11-24(21(33)28-22(34)29-24)16-9-13-14(37-16)5-6-17(27-13)31-8-2-7-26-23(31)35/h3-6,16,20,32H,2,7-11H2,1H3,(H,26,35)(H2,28,29,33,34). The van der Waals surface area contributed by atoms with Gasteiger partial charge in [0.1, 0.15) is 23.9 Å². The molecule has 2 saturated heterocycles. The molecule has 2 aromatic rings. The first-order valence-corrected chi connectivity index (χ1v) is 11.9. The quantitative estimate of drug-likeness (QED) is 0.425. The zero-order valence-electron chi connectivity index (χ0n) is 19.9. The maximum atomic E-state index is 14.9. The lowest BCUT2D eigenvalue weighted by Gasteiger charge is -2.36. The van der Waals surface area contributed by atoms with Crippen LogP contribution in [0.2, 0.25) is 0 Å². The Hall–Kier alpha value is -3.97. The molecule has 0 spiro atoms. The molecule has 1 aromatic carbocycles. The summed E-state index contributed by atoms with van der Waals surface area (Å²) in [6.07, 6.45) is -1.27. The lowest BCUT2D eigenvalue weighted by molar-refractivity contribution is -0.129. The molecule has 0 aliphatic carbocycles. The second-order valence-corrected chi connectivity index (χ2v) is 9.47. The number of aliphatic hydroxyl groups is 1. The maximum absolute atomic E-state index is 14.9. The van der Waals surface area contributed by atoms with Crippen molar-refractivity contribution in [3.8, 4) is 11.5 Å². The number of ether oxygens (including phenoxy) is 2. The molecule has 3 atom stereocenters. The van der Waals surface area contributed by atoms with E-state index in [1.54, 1.807) is 18.2 Å². The second-order valence-electron chi connectivity index (χ2n) is 9.47. The van der Waals surface area contributed by atoms with Crippen LogP contribution < -0.4 is 30.3 Å². The van der Waals surface area contributed by atoms with E-state index in [1.807, 2.05) is 0 Å². The number of nitrogens with zero attached hydrogens (tertiary/aromatic N) is 3. The number of benzene rings is 1. The van der Waals surface area contributed by atoms with Gasteiger partial charge in [-0.05, 0) is 30.2 Å². The first kappa shape index (κ1) is 23.4. The molecule has 5 heterocycles. The topological polar surface area (TPSA) is 145 Å². The van der Waals surface area contributed by atoms with Gasteiger partial charge < -0.3 is 25.2 Å². The van der Waals surface area contributed by atoms with E-state index in [-0.39, 0.29) is 36.9 Å². The minimum absolute atomic E-state index is 0.000108. The van der Waals surface area contributed by atoms with Gasteiger partial charge in [0, 0.05) is 38.2 Å². The molecule has 194 valence electrons. The molecule has 4 aliphatic heterocycles. The number of halogens is 1. The van der Waals surface area contributed by atoms with Gasteiger partial charge in [-0.1, -0.05) is 6.07 Å². The van der Waals surface area contributed by atoms with Gasteiger partial charge in [0.05, 0.1) is 12.8 Å². The average Bonchev–Trinajstić information content (AvgIpc) is 3.53. The van der Waals surface area contributed by atoms with Crippen LogP contribution in [0, 0.1) is 5.82 Å². The molecular weight excluding hydrogens is 487 g/mol. The van der Waals surface area contributed by atoms with E-state index in [0.29, 0.717) is 35.9 Å². The first-order chi connectivity index (χ1) is 17.8. The Morgan fingerprint density at radius 2 is 2.11 bits per heavy atom. The van der Waals surface area contributed by atoms with Crippen LogP contribution in [0.4, 0.5) is 19.8 Å². The van der Waals surface area contributed by atoms with Gasteiger partial charge in [-0.25, -0.2) is 19.0 Å². The number of hydrogen-bond acceptors (Lipinski definition) is 8. The number of aromatic nitrogens is 1. The summed E-state index contributed by atoms with van der Waals surface area (Å²) in [7, 11) is 1.34.